The number of ketones is 1. The van der Waals surface area contributed by atoms with Gasteiger partial charge in [0.1, 0.15) is 24.2 Å². The van der Waals surface area contributed by atoms with Gasteiger partial charge in [-0.3, -0.25) is 9.59 Å². The van der Waals surface area contributed by atoms with Gasteiger partial charge >= 0.3 is 5.97 Å². The first-order valence-electron chi connectivity index (χ1n) is 14.0. The van der Waals surface area contributed by atoms with Crippen molar-refractivity contribution < 1.29 is 37.8 Å². The summed E-state index contributed by atoms with van der Waals surface area (Å²) in [5.74, 6) is -2.12. The number of rotatable bonds is 3. The van der Waals surface area contributed by atoms with Crippen LogP contribution in [0.3, 0.4) is 0 Å². The van der Waals surface area contributed by atoms with Gasteiger partial charge in [-0.1, -0.05) is 34.1 Å². The molecule has 7 nitrogen and oxygen atoms in total. The van der Waals surface area contributed by atoms with Crippen molar-refractivity contribution in [2.24, 2.45) is 17.3 Å². The quantitative estimate of drug-likeness (QED) is 0.441. The first-order chi connectivity index (χ1) is 18.0. The topological polar surface area (TPSA) is 109 Å². The zero-order valence-corrected chi connectivity index (χ0v) is 22.4. The third-order valence-electron chi connectivity index (χ3n) is 7.84. The summed E-state index contributed by atoms with van der Waals surface area (Å²) >= 11 is 1.00. The summed E-state index contributed by atoms with van der Waals surface area (Å²) in [7, 11) is 0. The minimum absolute atomic E-state index is 0.0119. The molecule has 0 aromatic carbocycles. The van der Waals surface area contributed by atoms with Crippen molar-refractivity contribution in [3.8, 4) is 0 Å². The van der Waals surface area contributed by atoms with Crippen molar-refractivity contribution in [3.63, 3.8) is 0 Å². The highest BCUT2D eigenvalue weighted by molar-refractivity contribution is 7.09. The van der Waals surface area contributed by atoms with E-state index in [0.717, 1.165) is 11.3 Å². The molecule has 1 aromatic rings. The van der Waals surface area contributed by atoms with E-state index in [1.54, 1.807) is 39.2 Å². The van der Waals surface area contributed by atoms with Gasteiger partial charge in [-0.05, 0) is 44.2 Å². The standard InChI is InChI=1S/C27H40FNO6S/c1-15-8-7-9-27(14-28)22(35-27)11-20(16(2)10-19-13-36-18(4)29-19)34-23(31)12-21(30)26(5,6)25(33)17(3)24(15)32/h10,13,15,17,20-22,24,30,32H,7-9,11-12,14H2,1-6H3/b16-10+/t15-,17+,20-,21-,22-,24-,27-/m0/s1/i4D3. The van der Waals surface area contributed by atoms with Gasteiger partial charge in [0.2, 0.25) is 0 Å². The maximum atomic E-state index is 14.2. The molecule has 36 heavy (non-hydrogen) atoms. The lowest BCUT2D eigenvalue weighted by atomic mass is 9.73. The maximum absolute atomic E-state index is 14.2. The Bertz CT molecular complexity index is 1080. The average molecular weight is 529 g/mol. The summed E-state index contributed by atoms with van der Waals surface area (Å²) in [5.41, 5.74) is -1.37. The predicted molar refractivity (Wildman–Crippen MR) is 136 cm³/mol. The fourth-order valence-corrected chi connectivity index (χ4v) is 5.54. The van der Waals surface area contributed by atoms with E-state index in [1.807, 2.05) is 6.92 Å². The molecular weight excluding hydrogens is 485 g/mol. The van der Waals surface area contributed by atoms with E-state index in [4.69, 9.17) is 13.6 Å². The zero-order valence-electron chi connectivity index (χ0n) is 24.6. The third kappa shape index (κ3) is 6.41. The number of aromatic nitrogens is 1. The van der Waals surface area contributed by atoms with Crippen LogP contribution in [0.4, 0.5) is 4.39 Å². The first kappa shape index (κ1) is 24.6. The molecule has 0 amide bonds. The van der Waals surface area contributed by atoms with Gasteiger partial charge in [0, 0.05) is 21.8 Å². The smallest absolute Gasteiger partial charge is 0.309 e. The summed E-state index contributed by atoms with van der Waals surface area (Å²) < 4.78 is 48.3. The SMILES string of the molecule is [2H]C([2H])([2H])c1nc(/C=C(\C)[C@@H]2C[C@@H]3O[C@]3(CF)CCC[C@H](C)[C@H](O)[C@@H](C)C(=O)C(C)(C)[C@@H](O)CC(=O)O2)cs1. The summed E-state index contributed by atoms with van der Waals surface area (Å²) in [4.78, 5) is 30.4. The van der Waals surface area contributed by atoms with Gasteiger partial charge in [0.15, 0.2) is 0 Å². The summed E-state index contributed by atoms with van der Waals surface area (Å²) in [6.45, 7) is 5.20. The molecule has 9 heteroatoms. The number of aliphatic hydroxyl groups excluding tert-OH is 2. The van der Waals surface area contributed by atoms with Crippen molar-refractivity contribution in [2.45, 2.75) is 104 Å². The number of carbonyl (C=O) groups is 2. The van der Waals surface area contributed by atoms with Crippen molar-refractivity contribution in [1.29, 1.82) is 0 Å². The fraction of sp³-hybridized carbons (Fsp3) is 0.741. The zero-order chi connectivity index (χ0) is 29.3. The summed E-state index contributed by atoms with van der Waals surface area (Å²) in [6, 6.07) is 0. The number of aliphatic hydroxyl groups is 2. The third-order valence-corrected chi connectivity index (χ3v) is 8.51. The molecule has 202 valence electrons. The molecule has 2 saturated heterocycles. The predicted octanol–water partition coefficient (Wildman–Crippen LogP) is 4.43. The van der Waals surface area contributed by atoms with E-state index in [0.29, 0.717) is 30.5 Å². The molecule has 0 saturated carbocycles. The van der Waals surface area contributed by atoms with Crippen LogP contribution in [0.2, 0.25) is 0 Å². The lowest BCUT2D eigenvalue weighted by molar-refractivity contribution is -0.154. The van der Waals surface area contributed by atoms with Crippen LogP contribution < -0.4 is 0 Å². The number of fused-ring (bicyclic) bond motifs is 1. The Morgan fingerprint density at radius 1 is 1.36 bits per heavy atom. The van der Waals surface area contributed by atoms with Crippen LogP contribution in [0.25, 0.3) is 6.08 Å². The molecule has 2 fully saturated rings. The van der Waals surface area contributed by atoms with Crippen molar-refractivity contribution in [3.05, 3.63) is 21.7 Å². The molecule has 1 aromatic heterocycles. The fourth-order valence-electron chi connectivity index (χ4n) is 5.03. The second-order valence-electron chi connectivity index (χ2n) is 10.9. The number of halogens is 1. The number of ether oxygens (including phenoxy) is 2. The Balaban J connectivity index is 1.89. The number of cyclic esters (lactones) is 1. The second kappa shape index (κ2) is 11.4. The Morgan fingerprint density at radius 2 is 2.08 bits per heavy atom. The normalized spacial score (nSPS) is 38.3. The van der Waals surface area contributed by atoms with Crippen LogP contribution in [-0.4, -0.2) is 63.6 Å². The minimum atomic E-state index is -2.34. The van der Waals surface area contributed by atoms with Crippen molar-refractivity contribution >= 4 is 29.2 Å². The number of esters is 1. The number of carbonyl (C=O) groups excluding carboxylic acids is 2. The number of hydrogen-bond donors (Lipinski definition) is 2. The molecule has 0 bridgehead atoms. The number of hydrogen-bond acceptors (Lipinski definition) is 8. The largest absolute Gasteiger partial charge is 0.458 e. The Morgan fingerprint density at radius 3 is 2.72 bits per heavy atom. The second-order valence-corrected chi connectivity index (χ2v) is 11.8. The van der Waals surface area contributed by atoms with E-state index < -0.39 is 67.3 Å². The lowest BCUT2D eigenvalue weighted by Crippen LogP contribution is -2.45. The summed E-state index contributed by atoms with van der Waals surface area (Å²) in [5, 5.41) is 23.3. The molecule has 0 radical (unpaired) electrons. The molecular formula is C27H40FNO6S. The van der Waals surface area contributed by atoms with Gasteiger partial charge in [-0.2, -0.15) is 0 Å². The maximum Gasteiger partial charge on any atom is 0.309 e. The van der Waals surface area contributed by atoms with Crippen LogP contribution in [0.1, 0.15) is 81.5 Å². The highest BCUT2D eigenvalue weighted by Crippen LogP contribution is 2.46. The molecule has 0 aliphatic carbocycles. The number of thiazole rings is 1. The van der Waals surface area contributed by atoms with Crippen LogP contribution in [0.15, 0.2) is 11.0 Å². The van der Waals surface area contributed by atoms with Gasteiger partial charge in [-0.15, -0.1) is 11.3 Å². The van der Waals surface area contributed by atoms with Gasteiger partial charge in [-0.25, -0.2) is 9.37 Å². The molecule has 7 atom stereocenters. The molecule has 3 heterocycles. The van der Waals surface area contributed by atoms with Gasteiger partial charge < -0.3 is 19.7 Å². The van der Waals surface area contributed by atoms with E-state index in [9.17, 15) is 24.2 Å². The first-order valence-corrected chi connectivity index (χ1v) is 13.4. The van der Waals surface area contributed by atoms with Crippen LogP contribution in [-0.2, 0) is 19.1 Å². The number of epoxide rings is 1. The van der Waals surface area contributed by atoms with Crippen LogP contribution in [0.5, 0.6) is 0 Å². The molecule has 0 unspecified atom stereocenters. The van der Waals surface area contributed by atoms with E-state index >= 15 is 0 Å². The van der Waals surface area contributed by atoms with Crippen LogP contribution >= 0.6 is 11.3 Å². The van der Waals surface area contributed by atoms with Crippen molar-refractivity contribution in [1.82, 2.24) is 4.98 Å². The molecule has 2 aliphatic rings. The van der Waals surface area contributed by atoms with Gasteiger partial charge in [0.25, 0.3) is 0 Å². The molecule has 2 aliphatic heterocycles. The molecule has 3 rings (SSSR count). The Hall–Kier alpha value is -1.68. The monoisotopic (exact) mass is 528 g/mol. The molecule has 2 N–H and O–H groups in total. The average Bonchev–Trinajstić information content (AvgIpc) is 3.30. The minimum Gasteiger partial charge on any atom is -0.458 e. The van der Waals surface area contributed by atoms with Crippen molar-refractivity contribution in [2.75, 3.05) is 6.67 Å². The number of nitrogens with zero attached hydrogens (tertiary/aromatic N) is 1. The number of aryl methyl sites for hydroxylation is 1. The lowest BCUT2D eigenvalue weighted by Gasteiger charge is -2.34. The van der Waals surface area contributed by atoms with E-state index in [1.165, 1.54) is 0 Å². The van der Waals surface area contributed by atoms with E-state index in [2.05, 4.69) is 4.98 Å². The Labute approximate surface area is 221 Å². The number of alkyl halides is 1. The highest BCUT2D eigenvalue weighted by atomic mass is 32.1. The van der Waals surface area contributed by atoms with Gasteiger partial charge in [0.05, 0.1) is 40.8 Å². The molecule has 0 spiro atoms. The Kier molecular flexibility index (Phi) is 7.79. The summed E-state index contributed by atoms with van der Waals surface area (Å²) in [6.07, 6.45) is -0.779. The van der Waals surface area contributed by atoms with Crippen LogP contribution in [0, 0.1) is 24.1 Å². The number of Topliss-reactive ketones (excluding diaryl/α,β-unsaturated/α-hetero) is 1. The highest BCUT2D eigenvalue weighted by Gasteiger charge is 2.57. The van der Waals surface area contributed by atoms with E-state index in [-0.39, 0.29) is 23.1 Å².